The smallest absolute Gasteiger partial charge is 0.330 e. The van der Waals surface area contributed by atoms with E-state index in [1.54, 1.807) is 24.3 Å². The van der Waals surface area contributed by atoms with Crippen LogP contribution in [0.4, 0.5) is 0 Å². The number of nitrogens with zero attached hydrogens (tertiary/aromatic N) is 1. The average molecular weight is 408 g/mol. The number of aryl methyl sites for hydroxylation is 2. The average Bonchev–Trinajstić information content (AvgIpc) is 3.06. The Bertz CT molecular complexity index is 1150. The Hall–Kier alpha value is -3.00. The first kappa shape index (κ1) is 20.3. The summed E-state index contributed by atoms with van der Waals surface area (Å²) in [5, 5.41) is 22.8. The van der Waals surface area contributed by atoms with E-state index >= 15 is 0 Å². The lowest BCUT2D eigenvalue weighted by molar-refractivity contribution is -0.122. The largest absolute Gasteiger partial charge is 0.386 e. The summed E-state index contributed by atoms with van der Waals surface area (Å²) in [6.45, 7) is 3.89. The highest BCUT2D eigenvalue weighted by Gasteiger charge is 2.52. The molecule has 1 saturated heterocycles. The number of ether oxygens (including phenoxy) is 1. The first-order valence-electron chi connectivity index (χ1n) is 9.79. The number of nitrogens with one attached hydrogen (secondary N) is 1. The fourth-order valence-corrected chi connectivity index (χ4v) is 3.93. The normalized spacial score (nSPS) is 24.7. The molecule has 0 amide bonds. The number of hydrogen-bond acceptors (Lipinski definition) is 5. The Morgan fingerprint density at radius 2 is 1.63 bits per heavy atom. The van der Waals surface area contributed by atoms with E-state index in [9.17, 15) is 19.8 Å². The quantitative estimate of drug-likeness (QED) is 0.613. The molecule has 4 rings (SSSR count). The molecule has 3 aromatic rings. The van der Waals surface area contributed by atoms with Crippen molar-refractivity contribution >= 4 is 0 Å². The number of aliphatic hydroxyl groups is 2. The predicted octanol–water partition coefficient (Wildman–Crippen LogP) is 2.06. The number of aromatic nitrogens is 2. The predicted molar refractivity (Wildman–Crippen MR) is 111 cm³/mol. The third-order valence-corrected chi connectivity index (χ3v) is 5.68. The number of rotatable bonds is 4. The second kappa shape index (κ2) is 7.68. The molecular formula is C23H24N2O5. The number of hydrogen-bond donors (Lipinski definition) is 3. The highest BCUT2D eigenvalue weighted by atomic mass is 16.5. The molecular weight excluding hydrogens is 384 g/mol. The van der Waals surface area contributed by atoms with Crippen LogP contribution in [0.1, 0.15) is 41.0 Å². The molecule has 2 heterocycles. The Morgan fingerprint density at radius 1 is 1.03 bits per heavy atom. The minimum Gasteiger partial charge on any atom is -0.386 e. The van der Waals surface area contributed by atoms with Crippen LogP contribution in [0.5, 0.6) is 0 Å². The van der Waals surface area contributed by atoms with Crippen LogP contribution in [-0.4, -0.2) is 25.9 Å². The van der Waals surface area contributed by atoms with E-state index in [-0.39, 0.29) is 6.42 Å². The minimum absolute atomic E-state index is 0.0373. The monoisotopic (exact) mass is 408 g/mol. The van der Waals surface area contributed by atoms with Gasteiger partial charge in [-0.1, -0.05) is 59.7 Å². The molecule has 156 valence electrons. The van der Waals surface area contributed by atoms with Gasteiger partial charge in [0, 0.05) is 18.7 Å². The van der Waals surface area contributed by atoms with Gasteiger partial charge < -0.3 is 14.9 Å². The summed E-state index contributed by atoms with van der Waals surface area (Å²) in [6.07, 6.45) is -1.63. The van der Waals surface area contributed by atoms with Crippen LogP contribution in [0.3, 0.4) is 0 Å². The van der Waals surface area contributed by atoms with Crippen molar-refractivity contribution < 1.29 is 14.9 Å². The van der Waals surface area contributed by atoms with Gasteiger partial charge in [-0.15, -0.1) is 0 Å². The van der Waals surface area contributed by atoms with Crippen molar-refractivity contribution in [3.63, 3.8) is 0 Å². The Morgan fingerprint density at radius 3 is 2.23 bits per heavy atom. The van der Waals surface area contributed by atoms with Crippen molar-refractivity contribution in [2.45, 2.75) is 44.3 Å². The summed E-state index contributed by atoms with van der Waals surface area (Å²) in [5.74, 6) is 0. The summed E-state index contributed by atoms with van der Waals surface area (Å²) in [7, 11) is 0. The van der Waals surface area contributed by atoms with Gasteiger partial charge in [0.25, 0.3) is 5.56 Å². The molecule has 1 aliphatic rings. The van der Waals surface area contributed by atoms with Crippen LogP contribution in [0.15, 0.2) is 70.4 Å². The third kappa shape index (κ3) is 3.63. The lowest BCUT2D eigenvalue weighted by Gasteiger charge is -2.32. The number of H-pyrrole nitrogens is 1. The van der Waals surface area contributed by atoms with Crippen molar-refractivity contribution in [2.24, 2.45) is 0 Å². The van der Waals surface area contributed by atoms with Crippen molar-refractivity contribution in [3.05, 3.63) is 104 Å². The van der Waals surface area contributed by atoms with E-state index in [4.69, 9.17) is 4.74 Å². The van der Waals surface area contributed by atoms with E-state index in [0.29, 0.717) is 11.1 Å². The zero-order chi connectivity index (χ0) is 21.5. The van der Waals surface area contributed by atoms with Gasteiger partial charge in [0.15, 0.2) is 0 Å². The molecule has 3 N–H and O–H groups in total. The van der Waals surface area contributed by atoms with E-state index in [2.05, 4.69) is 4.98 Å². The molecule has 0 saturated carbocycles. The highest BCUT2D eigenvalue weighted by Crippen LogP contribution is 2.47. The fourth-order valence-electron chi connectivity index (χ4n) is 3.93. The summed E-state index contributed by atoms with van der Waals surface area (Å²) >= 11 is 0. The molecule has 0 spiro atoms. The van der Waals surface area contributed by atoms with Crippen LogP contribution >= 0.6 is 0 Å². The molecule has 0 radical (unpaired) electrons. The summed E-state index contributed by atoms with van der Waals surface area (Å²) < 4.78 is 7.28. The first-order valence-corrected chi connectivity index (χ1v) is 9.79. The van der Waals surface area contributed by atoms with Crippen LogP contribution in [-0.2, 0) is 10.3 Å². The maximum Gasteiger partial charge on any atom is 0.330 e. The Kier molecular flexibility index (Phi) is 5.19. The second-order valence-corrected chi connectivity index (χ2v) is 7.88. The molecule has 1 aromatic heterocycles. The van der Waals surface area contributed by atoms with E-state index in [1.807, 2.05) is 38.1 Å². The molecule has 1 unspecified atom stereocenters. The zero-order valence-electron chi connectivity index (χ0n) is 16.8. The van der Waals surface area contributed by atoms with Crippen LogP contribution < -0.4 is 11.2 Å². The summed E-state index contributed by atoms with van der Waals surface area (Å²) in [5.41, 5.74) is 0.575. The molecule has 1 aliphatic heterocycles. The fraction of sp³-hybridized carbons (Fsp3) is 0.304. The summed E-state index contributed by atoms with van der Waals surface area (Å²) in [6, 6.07) is 15.9. The van der Waals surface area contributed by atoms with Gasteiger partial charge in [-0.25, -0.2) is 4.79 Å². The van der Waals surface area contributed by atoms with Crippen LogP contribution in [0, 0.1) is 13.8 Å². The van der Waals surface area contributed by atoms with Gasteiger partial charge >= 0.3 is 5.69 Å². The van der Waals surface area contributed by atoms with Gasteiger partial charge in [0.1, 0.15) is 24.0 Å². The van der Waals surface area contributed by atoms with E-state index < -0.39 is 35.3 Å². The molecule has 4 atom stereocenters. The Labute approximate surface area is 173 Å². The van der Waals surface area contributed by atoms with Crippen LogP contribution in [0.25, 0.3) is 0 Å². The summed E-state index contributed by atoms with van der Waals surface area (Å²) in [4.78, 5) is 25.9. The SMILES string of the molecule is Cc1ccc(C(O)[C@H]2O[C@@H](n3ccc(=O)[nH]c3=O)C[C@@]2(O)c2ccc(C)cc2)cc1. The molecule has 30 heavy (non-hydrogen) atoms. The zero-order valence-corrected chi connectivity index (χ0v) is 16.8. The molecule has 2 aromatic carbocycles. The molecule has 7 nitrogen and oxygen atoms in total. The molecule has 0 aliphatic carbocycles. The lowest BCUT2D eigenvalue weighted by atomic mass is 9.82. The second-order valence-electron chi connectivity index (χ2n) is 7.88. The highest BCUT2D eigenvalue weighted by molar-refractivity contribution is 5.32. The lowest BCUT2D eigenvalue weighted by Crippen LogP contribution is -2.39. The first-order chi connectivity index (χ1) is 14.3. The van der Waals surface area contributed by atoms with Crippen molar-refractivity contribution in [3.8, 4) is 0 Å². The standard InChI is InChI=1S/C23H24N2O5/c1-14-3-7-16(8-4-14)20(27)21-23(29,17-9-5-15(2)6-10-17)13-19(30-21)25-12-11-18(26)24-22(25)28/h3-12,19-21,27,29H,13H2,1-2H3,(H,24,26,28)/t19-,20?,21-,23-/m1/s1. The molecule has 0 bridgehead atoms. The van der Waals surface area contributed by atoms with Crippen molar-refractivity contribution in [2.75, 3.05) is 0 Å². The van der Waals surface area contributed by atoms with Crippen LogP contribution in [0.2, 0.25) is 0 Å². The van der Waals surface area contributed by atoms with E-state index in [1.165, 1.54) is 16.8 Å². The number of aromatic amines is 1. The van der Waals surface area contributed by atoms with Gasteiger partial charge in [-0.05, 0) is 25.0 Å². The van der Waals surface area contributed by atoms with Crippen molar-refractivity contribution in [1.82, 2.24) is 9.55 Å². The molecule has 1 fully saturated rings. The maximum absolute atomic E-state index is 12.3. The molecule has 7 heteroatoms. The van der Waals surface area contributed by atoms with Crippen molar-refractivity contribution in [1.29, 1.82) is 0 Å². The van der Waals surface area contributed by atoms with E-state index in [0.717, 1.165) is 11.1 Å². The third-order valence-electron chi connectivity index (χ3n) is 5.68. The topological polar surface area (TPSA) is 105 Å². The van der Waals surface area contributed by atoms with Gasteiger partial charge in [0.2, 0.25) is 0 Å². The maximum atomic E-state index is 12.3. The number of benzene rings is 2. The van der Waals surface area contributed by atoms with Gasteiger partial charge in [-0.3, -0.25) is 14.3 Å². The van der Waals surface area contributed by atoms with Gasteiger partial charge in [-0.2, -0.15) is 0 Å². The number of aliphatic hydroxyl groups excluding tert-OH is 1. The Balaban J connectivity index is 1.77. The van der Waals surface area contributed by atoms with Gasteiger partial charge in [0.05, 0.1) is 0 Å². The minimum atomic E-state index is -1.54.